The van der Waals surface area contributed by atoms with Crippen molar-refractivity contribution in [1.29, 1.82) is 0 Å². The van der Waals surface area contributed by atoms with Crippen molar-refractivity contribution in [3.8, 4) is 0 Å². The zero-order valence-electron chi connectivity index (χ0n) is 19.1. The summed E-state index contributed by atoms with van der Waals surface area (Å²) >= 11 is 0. The Morgan fingerprint density at radius 2 is 1.85 bits per heavy atom. The average molecular weight is 448 g/mol. The lowest BCUT2D eigenvalue weighted by molar-refractivity contribution is 0.0326. The molecule has 2 aromatic carbocycles. The predicted octanol–water partition coefficient (Wildman–Crippen LogP) is 2.50. The van der Waals surface area contributed by atoms with E-state index in [0.717, 1.165) is 11.1 Å². The summed E-state index contributed by atoms with van der Waals surface area (Å²) in [7, 11) is 0. The molecular weight excluding hydrogens is 414 g/mol. The minimum Gasteiger partial charge on any atom is -0.388 e. The van der Waals surface area contributed by atoms with Gasteiger partial charge in [0.25, 0.3) is 5.91 Å². The average Bonchev–Trinajstić information content (AvgIpc) is 3.28. The summed E-state index contributed by atoms with van der Waals surface area (Å²) in [6.07, 6.45) is 5.06. The van der Waals surface area contributed by atoms with E-state index in [-0.39, 0.29) is 12.5 Å². The largest absolute Gasteiger partial charge is 0.388 e. The number of aliphatic hydroxyl groups excluding tert-OH is 1. The molecule has 0 bridgehead atoms. The summed E-state index contributed by atoms with van der Waals surface area (Å²) in [4.78, 5) is 13.1. The molecule has 0 saturated heterocycles. The van der Waals surface area contributed by atoms with Crippen LogP contribution in [0.3, 0.4) is 0 Å². The number of hydrogen-bond donors (Lipinski definition) is 4. The van der Waals surface area contributed by atoms with Gasteiger partial charge in [-0.25, -0.2) is 0 Å². The number of carbonyl (C=O) groups excluding carboxylic acids is 1. The van der Waals surface area contributed by atoms with Crippen LogP contribution >= 0.6 is 0 Å². The van der Waals surface area contributed by atoms with E-state index in [1.807, 2.05) is 61.7 Å². The summed E-state index contributed by atoms with van der Waals surface area (Å²) in [6.45, 7) is 7.74. The van der Waals surface area contributed by atoms with Gasteiger partial charge < -0.3 is 15.7 Å². The Kier molecular flexibility index (Phi) is 8.95. The van der Waals surface area contributed by atoms with Crippen molar-refractivity contribution in [3.63, 3.8) is 0 Å². The lowest BCUT2D eigenvalue weighted by Gasteiger charge is -2.40. The van der Waals surface area contributed by atoms with E-state index in [1.165, 1.54) is 0 Å². The molecule has 1 heterocycles. The maximum absolute atomic E-state index is 13.1. The van der Waals surface area contributed by atoms with Crippen molar-refractivity contribution >= 4 is 5.91 Å². The number of likely N-dealkylation sites (N-methyl/N-ethyl adjacent to an activating group) is 1. The van der Waals surface area contributed by atoms with Crippen LogP contribution in [0.25, 0.3) is 0 Å². The van der Waals surface area contributed by atoms with Crippen LogP contribution in [0.4, 0.5) is 0 Å². The quantitative estimate of drug-likeness (QED) is 0.239. The van der Waals surface area contributed by atoms with Crippen LogP contribution in [0.5, 0.6) is 0 Å². The highest BCUT2D eigenvalue weighted by atomic mass is 16.3. The first-order chi connectivity index (χ1) is 16.1. The van der Waals surface area contributed by atoms with Gasteiger partial charge in [-0.1, -0.05) is 61.5 Å². The highest BCUT2D eigenvalue weighted by Gasteiger charge is 2.39. The fourth-order valence-electron chi connectivity index (χ4n) is 3.82. The summed E-state index contributed by atoms with van der Waals surface area (Å²) in [5.41, 5.74) is 1.51. The Balaban J connectivity index is 1.77. The molecule has 7 heteroatoms. The number of carbonyl (C=O) groups is 1. The molecule has 0 aliphatic rings. The predicted molar refractivity (Wildman–Crippen MR) is 131 cm³/mol. The molecule has 0 fully saturated rings. The molecule has 2 atom stereocenters. The summed E-state index contributed by atoms with van der Waals surface area (Å²) in [5.74, 6) is -0.239. The monoisotopic (exact) mass is 447 g/mol. The Labute approximate surface area is 195 Å². The fraction of sp³-hybridized carbons (Fsp3) is 0.308. The smallest absolute Gasteiger partial charge is 0.252 e. The van der Waals surface area contributed by atoms with Gasteiger partial charge in [-0.05, 0) is 24.2 Å². The molecule has 4 N–H and O–H groups in total. The van der Waals surface area contributed by atoms with Crippen LogP contribution in [-0.4, -0.2) is 45.7 Å². The van der Waals surface area contributed by atoms with Gasteiger partial charge in [0.2, 0.25) is 0 Å². The van der Waals surface area contributed by atoms with Crippen molar-refractivity contribution in [2.45, 2.75) is 38.2 Å². The topological polar surface area (TPSA) is 91.2 Å². The van der Waals surface area contributed by atoms with Gasteiger partial charge in [0.05, 0.1) is 12.7 Å². The lowest BCUT2D eigenvalue weighted by atomic mass is 9.92. The summed E-state index contributed by atoms with van der Waals surface area (Å²) in [6, 6.07) is 18.9. The number of nitrogens with one attached hydrogen (secondary N) is 3. The molecule has 0 spiro atoms. The second kappa shape index (κ2) is 12.1. The van der Waals surface area contributed by atoms with E-state index >= 15 is 0 Å². The standard InChI is InChI=1S/C26H33N5O2/c1-3-15-31-20-22(18-29-31)17-27-19-24(32)26(28-4-2,16-21-11-7-5-8-12-21)30-25(33)23-13-9-6-10-14-23/h3,5-14,18,20,24,27-28,32H,1,4,15-17,19H2,2H3,(H,30,33)/t24-,26+/m1/s1. The van der Waals surface area contributed by atoms with Gasteiger partial charge in [0.15, 0.2) is 0 Å². The number of aliphatic hydroxyl groups is 1. The maximum Gasteiger partial charge on any atom is 0.252 e. The van der Waals surface area contributed by atoms with Gasteiger partial charge in [0, 0.05) is 36.8 Å². The van der Waals surface area contributed by atoms with E-state index in [0.29, 0.717) is 31.6 Å². The number of amides is 1. The lowest BCUT2D eigenvalue weighted by Crippen LogP contribution is -2.69. The van der Waals surface area contributed by atoms with Crippen LogP contribution < -0.4 is 16.0 Å². The molecule has 33 heavy (non-hydrogen) atoms. The SMILES string of the molecule is C=CCn1cc(CNC[C@@H](O)[C@@](Cc2ccccc2)(NCC)NC(=O)c2ccccc2)cn1. The minimum absolute atomic E-state index is 0.239. The fourth-order valence-corrected chi connectivity index (χ4v) is 3.82. The number of nitrogens with zero attached hydrogens (tertiary/aromatic N) is 2. The molecule has 0 radical (unpaired) electrons. The molecule has 1 aromatic heterocycles. The van der Waals surface area contributed by atoms with Crippen molar-refractivity contribution in [1.82, 2.24) is 25.7 Å². The molecule has 174 valence electrons. The molecule has 7 nitrogen and oxygen atoms in total. The Morgan fingerprint density at radius 3 is 2.52 bits per heavy atom. The Bertz CT molecular complexity index is 1010. The molecule has 0 unspecified atom stereocenters. The normalized spacial score (nSPS) is 13.8. The Hall–Kier alpha value is -3.26. The highest BCUT2D eigenvalue weighted by molar-refractivity contribution is 5.94. The van der Waals surface area contributed by atoms with E-state index < -0.39 is 11.8 Å². The van der Waals surface area contributed by atoms with E-state index in [2.05, 4.69) is 27.6 Å². The molecular formula is C26H33N5O2. The van der Waals surface area contributed by atoms with Crippen LogP contribution in [0, 0.1) is 0 Å². The molecule has 0 aliphatic heterocycles. The first-order valence-electron chi connectivity index (χ1n) is 11.2. The van der Waals surface area contributed by atoms with E-state index in [4.69, 9.17) is 0 Å². The number of rotatable bonds is 13. The third kappa shape index (κ3) is 6.86. The van der Waals surface area contributed by atoms with Crippen LogP contribution in [0.15, 0.2) is 85.7 Å². The van der Waals surface area contributed by atoms with Crippen LogP contribution in [-0.2, 0) is 19.5 Å². The number of benzene rings is 2. The van der Waals surface area contributed by atoms with Crippen molar-refractivity contribution in [2.24, 2.45) is 0 Å². The summed E-state index contributed by atoms with van der Waals surface area (Å²) in [5, 5.41) is 25.4. The molecule has 1 amide bonds. The van der Waals surface area contributed by atoms with Gasteiger partial charge in [0.1, 0.15) is 11.8 Å². The molecule has 3 rings (SSSR count). The minimum atomic E-state index is -1.05. The van der Waals surface area contributed by atoms with Gasteiger partial charge >= 0.3 is 0 Å². The number of hydrogen-bond acceptors (Lipinski definition) is 5. The molecule has 0 saturated carbocycles. The first kappa shape index (κ1) is 24.4. The molecule has 3 aromatic rings. The van der Waals surface area contributed by atoms with Gasteiger partial charge in [-0.15, -0.1) is 6.58 Å². The number of aromatic nitrogens is 2. The van der Waals surface area contributed by atoms with Crippen LogP contribution in [0.2, 0.25) is 0 Å². The van der Waals surface area contributed by atoms with Crippen LogP contribution in [0.1, 0.15) is 28.4 Å². The summed E-state index contributed by atoms with van der Waals surface area (Å²) < 4.78 is 1.80. The van der Waals surface area contributed by atoms with Crippen molar-refractivity contribution in [3.05, 3.63) is 102 Å². The highest BCUT2D eigenvalue weighted by Crippen LogP contribution is 2.17. The van der Waals surface area contributed by atoms with E-state index in [9.17, 15) is 9.90 Å². The zero-order valence-corrected chi connectivity index (χ0v) is 19.1. The van der Waals surface area contributed by atoms with Gasteiger partial charge in [-0.3, -0.25) is 14.8 Å². The second-order valence-corrected chi connectivity index (χ2v) is 7.99. The number of allylic oxidation sites excluding steroid dienone is 1. The van der Waals surface area contributed by atoms with Gasteiger partial charge in [-0.2, -0.15) is 5.10 Å². The van der Waals surface area contributed by atoms with E-state index in [1.54, 1.807) is 29.1 Å². The van der Waals surface area contributed by atoms with Crippen molar-refractivity contribution in [2.75, 3.05) is 13.1 Å². The third-order valence-corrected chi connectivity index (χ3v) is 5.43. The van der Waals surface area contributed by atoms with Crippen molar-refractivity contribution < 1.29 is 9.90 Å². The third-order valence-electron chi connectivity index (χ3n) is 5.43. The maximum atomic E-state index is 13.1. The Morgan fingerprint density at radius 1 is 1.15 bits per heavy atom. The molecule has 0 aliphatic carbocycles. The second-order valence-electron chi connectivity index (χ2n) is 7.99. The first-order valence-corrected chi connectivity index (χ1v) is 11.2. The zero-order chi connectivity index (χ0) is 23.5.